The lowest BCUT2D eigenvalue weighted by Gasteiger charge is -2.39. The first kappa shape index (κ1) is 12.5. The predicted octanol–water partition coefficient (Wildman–Crippen LogP) is 2.82. The van der Waals surface area contributed by atoms with Crippen molar-refractivity contribution in [1.29, 1.82) is 0 Å². The summed E-state index contributed by atoms with van der Waals surface area (Å²) in [5.74, 6) is 0.269. The van der Waals surface area contributed by atoms with Gasteiger partial charge in [0.05, 0.1) is 0 Å². The van der Waals surface area contributed by atoms with Gasteiger partial charge in [-0.3, -0.25) is 4.79 Å². The molecule has 0 aromatic heterocycles. The standard InChI is InChI=1S/C11H23NO/c1-7-8-10(13)12(9(2)3)11(4,5)6/h9H,7-8H2,1-6H3. The number of hydrogen-bond acceptors (Lipinski definition) is 1. The van der Waals surface area contributed by atoms with E-state index in [2.05, 4.69) is 34.6 Å². The van der Waals surface area contributed by atoms with Gasteiger partial charge >= 0.3 is 0 Å². The van der Waals surface area contributed by atoms with Gasteiger partial charge in [-0.05, 0) is 41.0 Å². The molecule has 0 aromatic rings. The molecule has 0 saturated carbocycles. The first-order chi connectivity index (χ1) is 5.80. The summed E-state index contributed by atoms with van der Waals surface area (Å²) in [6.45, 7) is 12.4. The molecule has 0 atom stereocenters. The molecule has 2 heteroatoms. The molecule has 0 bridgehead atoms. The van der Waals surface area contributed by atoms with Crippen molar-refractivity contribution in [3.63, 3.8) is 0 Å². The molecule has 0 aliphatic rings. The fourth-order valence-electron chi connectivity index (χ4n) is 1.77. The van der Waals surface area contributed by atoms with Crippen LogP contribution in [0.2, 0.25) is 0 Å². The van der Waals surface area contributed by atoms with Crippen molar-refractivity contribution >= 4 is 5.91 Å². The SMILES string of the molecule is CCCC(=O)N(C(C)C)C(C)(C)C. The lowest BCUT2D eigenvalue weighted by atomic mass is 10.0. The molecule has 0 unspecified atom stereocenters. The van der Waals surface area contributed by atoms with E-state index in [4.69, 9.17) is 0 Å². The molecule has 78 valence electrons. The van der Waals surface area contributed by atoms with Crippen LogP contribution in [0.3, 0.4) is 0 Å². The third-order valence-electron chi connectivity index (χ3n) is 1.97. The zero-order chi connectivity index (χ0) is 10.6. The highest BCUT2D eigenvalue weighted by Crippen LogP contribution is 2.18. The Kier molecular flexibility index (Phi) is 4.45. The maximum absolute atomic E-state index is 11.8. The molecular formula is C11H23NO. The Morgan fingerprint density at radius 2 is 1.77 bits per heavy atom. The van der Waals surface area contributed by atoms with Gasteiger partial charge in [0, 0.05) is 18.0 Å². The zero-order valence-corrected chi connectivity index (χ0v) is 9.85. The van der Waals surface area contributed by atoms with Crippen LogP contribution in [0, 0.1) is 0 Å². The minimum Gasteiger partial charge on any atom is -0.335 e. The van der Waals surface area contributed by atoms with Crippen molar-refractivity contribution in [2.75, 3.05) is 0 Å². The van der Waals surface area contributed by atoms with E-state index in [1.54, 1.807) is 0 Å². The molecule has 1 amide bonds. The van der Waals surface area contributed by atoms with Crippen molar-refractivity contribution in [3.05, 3.63) is 0 Å². The van der Waals surface area contributed by atoms with E-state index < -0.39 is 0 Å². The minimum atomic E-state index is -0.0551. The molecule has 0 N–H and O–H groups in total. The van der Waals surface area contributed by atoms with Gasteiger partial charge in [-0.1, -0.05) is 6.92 Å². The van der Waals surface area contributed by atoms with Crippen molar-refractivity contribution in [2.24, 2.45) is 0 Å². The Bertz CT molecular complexity index is 167. The molecule has 0 aromatic carbocycles. The summed E-state index contributed by atoms with van der Waals surface area (Å²) in [5.41, 5.74) is -0.0551. The second-order valence-electron chi connectivity index (χ2n) is 4.78. The van der Waals surface area contributed by atoms with Gasteiger partial charge in [-0.15, -0.1) is 0 Å². The maximum Gasteiger partial charge on any atom is 0.223 e. The summed E-state index contributed by atoms with van der Waals surface area (Å²) in [4.78, 5) is 13.7. The van der Waals surface area contributed by atoms with Crippen LogP contribution in [0.25, 0.3) is 0 Å². The molecule has 0 aliphatic heterocycles. The summed E-state index contributed by atoms with van der Waals surface area (Å²) in [5, 5.41) is 0. The maximum atomic E-state index is 11.8. The van der Waals surface area contributed by atoms with Crippen LogP contribution in [0.1, 0.15) is 54.4 Å². The molecule has 13 heavy (non-hydrogen) atoms. The quantitative estimate of drug-likeness (QED) is 0.662. The van der Waals surface area contributed by atoms with Crippen molar-refractivity contribution in [1.82, 2.24) is 4.90 Å². The molecule has 0 radical (unpaired) electrons. The Hall–Kier alpha value is -0.530. The van der Waals surface area contributed by atoms with Crippen molar-refractivity contribution in [2.45, 2.75) is 66.0 Å². The van der Waals surface area contributed by atoms with E-state index in [9.17, 15) is 4.79 Å². The van der Waals surface area contributed by atoms with Crippen LogP contribution >= 0.6 is 0 Å². The predicted molar refractivity (Wildman–Crippen MR) is 56.6 cm³/mol. The first-order valence-electron chi connectivity index (χ1n) is 5.12. The van der Waals surface area contributed by atoms with E-state index in [1.807, 2.05) is 11.8 Å². The Morgan fingerprint density at radius 1 is 1.31 bits per heavy atom. The Morgan fingerprint density at radius 3 is 2.00 bits per heavy atom. The van der Waals surface area contributed by atoms with Crippen LogP contribution in [0.15, 0.2) is 0 Å². The molecule has 0 aliphatic carbocycles. The van der Waals surface area contributed by atoms with E-state index in [0.29, 0.717) is 12.5 Å². The van der Waals surface area contributed by atoms with Crippen LogP contribution in [0.5, 0.6) is 0 Å². The van der Waals surface area contributed by atoms with Crippen LogP contribution < -0.4 is 0 Å². The molecule has 0 heterocycles. The topological polar surface area (TPSA) is 20.3 Å². The summed E-state index contributed by atoms with van der Waals surface area (Å²) >= 11 is 0. The van der Waals surface area contributed by atoms with Crippen LogP contribution in [-0.4, -0.2) is 22.4 Å². The number of carbonyl (C=O) groups is 1. The van der Waals surface area contributed by atoms with Crippen LogP contribution in [-0.2, 0) is 4.79 Å². The second-order valence-corrected chi connectivity index (χ2v) is 4.78. The van der Waals surface area contributed by atoms with Gasteiger partial charge in [0.2, 0.25) is 5.91 Å². The summed E-state index contributed by atoms with van der Waals surface area (Å²) in [6, 6.07) is 0.291. The van der Waals surface area contributed by atoms with E-state index in [1.165, 1.54) is 0 Å². The average molecular weight is 185 g/mol. The third kappa shape index (κ3) is 3.79. The molecule has 0 fully saturated rings. The van der Waals surface area contributed by atoms with Gasteiger partial charge in [0.1, 0.15) is 0 Å². The first-order valence-corrected chi connectivity index (χ1v) is 5.12. The normalized spacial score (nSPS) is 11.9. The number of hydrogen-bond donors (Lipinski definition) is 0. The molecule has 0 spiro atoms. The lowest BCUT2D eigenvalue weighted by Crippen LogP contribution is -2.49. The minimum absolute atomic E-state index is 0.0551. The third-order valence-corrected chi connectivity index (χ3v) is 1.97. The van der Waals surface area contributed by atoms with E-state index >= 15 is 0 Å². The number of amides is 1. The van der Waals surface area contributed by atoms with Crippen molar-refractivity contribution < 1.29 is 4.79 Å². The highest BCUT2D eigenvalue weighted by Gasteiger charge is 2.27. The Balaban J connectivity index is 4.52. The van der Waals surface area contributed by atoms with Crippen LogP contribution in [0.4, 0.5) is 0 Å². The summed E-state index contributed by atoms with van der Waals surface area (Å²) in [6.07, 6.45) is 1.59. The van der Waals surface area contributed by atoms with Crippen molar-refractivity contribution in [3.8, 4) is 0 Å². The highest BCUT2D eigenvalue weighted by molar-refractivity contribution is 5.77. The zero-order valence-electron chi connectivity index (χ0n) is 9.85. The summed E-state index contributed by atoms with van der Waals surface area (Å²) < 4.78 is 0. The lowest BCUT2D eigenvalue weighted by molar-refractivity contribution is -0.138. The monoisotopic (exact) mass is 185 g/mol. The molecule has 2 nitrogen and oxygen atoms in total. The number of rotatable bonds is 3. The fraction of sp³-hybridized carbons (Fsp3) is 0.909. The Labute approximate surface area is 82.3 Å². The van der Waals surface area contributed by atoms with E-state index in [0.717, 1.165) is 6.42 Å². The number of nitrogens with zero attached hydrogens (tertiary/aromatic N) is 1. The highest BCUT2D eigenvalue weighted by atomic mass is 16.2. The number of carbonyl (C=O) groups excluding carboxylic acids is 1. The second kappa shape index (κ2) is 4.64. The van der Waals surface area contributed by atoms with Gasteiger partial charge < -0.3 is 4.90 Å². The molecular weight excluding hydrogens is 162 g/mol. The largest absolute Gasteiger partial charge is 0.335 e. The van der Waals surface area contributed by atoms with E-state index in [-0.39, 0.29) is 11.4 Å². The smallest absolute Gasteiger partial charge is 0.223 e. The molecule has 0 rings (SSSR count). The average Bonchev–Trinajstić information content (AvgIpc) is 1.82. The summed E-state index contributed by atoms with van der Waals surface area (Å²) in [7, 11) is 0. The van der Waals surface area contributed by atoms with Gasteiger partial charge in [0.15, 0.2) is 0 Å². The van der Waals surface area contributed by atoms with Gasteiger partial charge in [0.25, 0.3) is 0 Å². The fourth-order valence-corrected chi connectivity index (χ4v) is 1.77. The molecule has 0 saturated heterocycles. The van der Waals surface area contributed by atoms with Gasteiger partial charge in [-0.25, -0.2) is 0 Å². The van der Waals surface area contributed by atoms with Gasteiger partial charge in [-0.2, -0.15) is 0 Å².